The van der Waals surface area contributed by atoms with Crippen molar-refractivity contribution in [1.29, 1.82) is 0 Å². The number of benzene rings is 2. The van der Waals surface area contributed by atoms with Crippen molar-refractivity contribution in [3.05, 3.63) is 77.2 Å². The number of anilines is 2. The highest BCUT2D eigenvalue weighted by atomic mass is 16.1. The molecule has 0 atom stereocenters. The number of hydrogen-bond acceptors (Lipinski definition) is 5. The van der Waals surface area contributed by atoms with Crippen molar-refractivity contribution >= 4 is 40.6 Å². The molecule has 0 fully saturated rings. The van der Waals surface area contributed by atoms with Crippen LogP contribution in [0.2, 0.25) is 0 Å². The molecule has 2 aromatic carbocycles. The monoisotopic (exact) mass is 454 g/mol. The van der Waals surface area contributed by atoms with E-state index in [0.29, 0.717) is 17.2 Å². The summed E-state index contributed by atoms with van der Waals surface area (Å²) in [4.78, 5) is 21.9. The number of rotatable bonds is 8. The van der Waals surface area contributed by atoms with Gasteiger partial charge >= 0.3 is 0 Å². The van der Waals surface area contributed by atoms with E-state index in [1.807, 2.05) is 80.2 Å². The van der Waals surface area contributed by atoms with Gasteiger partial charge in [-0.3, -0.25) is 9.48 Å². The molecule has 0 aliphatic heterocycles. The highest BCUT2D eigenvalue weighted by molar-refractivity contribution is 5.95. The highest BCUT2D eigenvalue weighted by Crippen LogP contribution is 2.27. The van der Waals surface area contributed by atoms with Crippen molar-refractivity contribution in [2.75, 3.05) is 5.32 Å². The second kappa shape index (κ2) is 10.3. The molecule has 7 nitrogen and oxygen atoms in total. The van der Waals surface area contributed by atoms with Gasteiger partial charge in [-0.25, -0.2) is 9.97 Å². The lowest BCUT2D eigenvalue weighted by Gasteiger charge is -2.11. The zero-order valence-electron chi connectivity index (χ0n) is 20.0. The van der Waals surface area contributed by atoms with Crippen LogP contribution in [0.4, 0.5) is 11.5 Å². The minimum absolute atomic E-state index is 0.0872. The van der Waals surface area contributed by atoms with Gasteiger partial charge in [-0.1, -0.05) is 49.8 Å². The number of carbonyl (C=O) groups excluding carboxylic acids is 1. The second-order valence-electron chi connectivity index (χ2n) is 8.52. The fourth-order valence-electron chi connectivity index (χ4n) is 3.75. The quantitative estimate of drug-likeness (QED) is 0.374. The van der Waals surface area contributed by atoms with Crippen molar-refractivity contribution < 1.29 is 4.79 Å². The van der Waals surface area contributed by atoms with Gasteiger partial charge < -0.3 is 10.6 Å². The molecule has 0 unspecified atom stereocenters. The first-order valence-electron chi connectivity index (χ1n) is 11.6. The van der Waals surface area contributed by atoms with E-state index in [1.165, 1.54) is 0 Å². The van der Waals surface area contributed by atoms with Gasteiger partial charge in [0.15, 0.2) is 11.6 Å². The molecule has 34 heavy (non-hydrogen) atoms. The summed E-state index contributed by atoms with van der Waals surface area (Å²) in [7, 11) is 1.91. The maximum atomic E-state index is 12.3. The SMILES string of the molecule is CCCc1nn(C)c2c(Nc3ccc(C(=O)NC(C)C)cc3)nc(C=Cc3ccccc3)nc12. The minimum Gasteiger partial charge on any atom is -0.350 e. The van der Waals surface area contributed by atoms with Crippen LogP contribution in [-0.4, -0.2) is 31.7 Å². The van der Waals surface area contributed by atoms with Crippen molar-refractivity contribution in [1.82, 2.24) is 25.1 Å². The molecule has 0 spiro atoms. The number of nitrogens with zero attached hydrogens (tertiary/aromatic N) is 4. The molecule has 4 rings (SSSR count). The Balaban J connectivity index is 1.70. The van der Waals surface area contributed by atoms with Gasteiger partial charge in [0.2, 0.25) is 0 Å². The van der Waals surface area contributed by atoms with Crippen LogP contribution in [0.5, 0.6) is 0 Å². The zero-order valence-corrected chi connectivity index (χ0v) is 20.0. The first kappa shape index (κ1) is 23.2. The standard InChI is InChI=1S/C27H30N6O/c1-5-9-22-24-25(33(4)32-22)26(31-23(30-24)17-12-19-10-7-6-8-11-19)29-21-15-13-20(14-16-21)27(34)28-18(2)3/h6-8,10-18H,5,9H2,1-4H3,(H,28,34)(H,29,30,31). The van der Waals surface area contributed by atoms with Crippen LogP contribution >= 0.6 is 0 Å². The Labute approximate surface area is 199 Å². The highest BCUT2D eigenvalue weighted by Gasteiger charge is 2.17. The molecule has 7 heteroatoms. The summed E-state index contributed by atoms with van der Waals surface area (Å²) >= 11 is 0. The van der Waals surface area contributed by atoms with E-state index in [1.54, 1.807) is 12.1 Å². The molecule has 0 aliphatic rings. The molecule has 0 radical (unpaired) electrons. The van der Waals surface area contributed by atoms with E-state index in [4.69, 9.17) is 15.1 Å². The van der Waals surface area contributed by atoms with E-state index in [0.717, 1.165) is 40.8 Å². The van der Waals surface area contributed by atoms with Gasteiger partial charge in [-0.05, 0) is 56.2 Å². The largest absolute Gasteiger partial charge is 0.350 e. The van der Waals surface area contributed by atoms with Gasteiger partial charge in [0, 0.05) is 24.3 Å². The minimum atomic E-state index is -0.0878. The predicted molar refractivity (Wildman–Crippen MR) is 138 cm³/mol. The van der Waals surface area contributed by atoms with Gasteiger partial charge in [0.1, 0.15) is 11.0 Å². The lowest BCUT2D eigenvalue weighted by Crippen LogP contribution is -2.29. The summed E-state index contributed by atoms with van der Waals surface area (Å²) in [5.41, 5.74) is 5.18. The summed E-state index contributed by atoms with van der Waals surface area (Å²) in [6, 6.07) is 17.5. The molecular weight excluding hydrogens is 424 g/mol. The lowest BCUT2D eigenvalue weighted by molar-refractivity contribution is 0.0943. The Hall–Kier alpha value is -4.00. The molecule has 4 aromatic rings. The zero-order chi connectivity index (χ0) is 24.1. The number of aryl methyl sites for hydroxylation is 2. The summed E-state index contributed by atoms with van der Waals surface area (Å²) in [5.74, 6) is 1.20. The fourth-order valence-corrected chi connectivity index (χ4v) is 3.75. The lowest BCUT2D eigenvalue weighted by atomic mass is 10.2. The number of fused-ring (bicyclic) bond motifs is 1. The molecule has 0 saturated heterocycles. The number of carbonyl (C=O) groups is 1. The molecule has 2 N–H and O–H groups in total. The maximum Gasteiger partial charge on any atom is 0.251 e. The molecular formula is C27H30N6O. The van der Waals surface area contributed by atoms with Gasteiger partial charge in [0.05, 0.1) is 5.69 Å². The Bertz CT molecular complexity index is 1310. The molecule has 0 bridgehead atoms. The Morgan fingerprint density at radius 2 is 1.76 bits per heavy atom. The van der Waals surface area contributed by atoms with Gasteiger partial charge in [-0.2, -0.15) is 5.10 Å². The van der Waals surface area contributed by atoms with Crippen LogP contribution in [-0.2, 0) is 13.5 Å². The van der Waals surface area contributed by atoms with E-state index in [2.05, 4.69) is 17.6 Å². The number of aromatic nitrogens is 4. The van der Waals surface area contributed by atoms with E-state index < -0.39 is 0 Å². The third kappa shape index (κ3) is 5.31. The normalized spacial score (nSPS) is 11.4. The summed E-state index contributed by atoms with van der Waals surface area (Å²) in [5, 5.41) is 11.0. The Morgan fingerprint density at radius 3 is 2.44 bits per heavy atom. The van der Waals surface area contributed by atoms with Crippen LogP contribution in [0.1, 0.15) is 54.6 Å². The van der Waals surface area contributed by atoms with Gasteiger partial charge in [-0.15, -0.1) is 0 Å². The van der Waals surface area contributed by atoms with Crippen LogP contribution in [0.3, 0.4) is 0 Å². The fraction of sp³-hybridized carbons (Fsp3) is 0.259. The molecule has 174 valence electrons. The first-order valence-corrected chi connectivity index (χ1v) is 11.6. The first-order chi connectivity index (χ1) is 16.4. The van der Waals surface area contributed by atoms with Crippen molar-refractivity contribution in [2.45, 2.75) is 39.7 Å². The topological polar surface area (TPSA) is 84.7 Å². The predicted octanol–water partition coefficient (Wildman–Crippen LogP) is 5.37. The van der Waals surface area contributed by atoms with Crippen molar-refractivity contribution in [3.8, 4) is 0 Å². The third-order valence-corrected chi connectivity index (χ3v) is 5.31. The average Bonchev–Trinajstić information content (AvgIpc) is 3.14. The maximum absolute atomic E-state index is 12.3. The third-order valence-electron chi connectivity index (χ3n) is 5.31. The van der Waals surface area contributed by atoms with Crippen molar-refractivity contribution in [2.24, 2.45) is 7.05 Å². The molecule has 0 saturated carbocycles. The van der Waals surface area contributed by atoms with Crippen LogP contribution in [0.25, 0.3) is 23.2 Å². The van der Waals surface area contributed by atoms with E-state index in [-0.39, 0.29) is 11.9 Å². The summed E-state index contributed by atoms with van der Waals surface area (Å²) in [6.45, 7) is 6.02. The number of amides is 1. The second-order valence-corrected chi connectivity index (χ2v) is 8.52. The summed E-state index contributed by atoms with van der Waals surface area (Å²) < 4.78 is 1.83. The molecule has 1 amide bonds. The Kier molecular flexibility index (Phi) is 7.01. The average molecular weight is 455 g/mol. The van der Waals surface area contributed by atoms with E-state index in [9.17, 15) is 4.79 Å². The van der Waals surface area contributed by atoms with E-state index >= 15 is 0 Å². The molecule has 2 heterocycles. The number of hydrogen-bond donors (Lipinski definition) is 2. The van der Waals surface area contributed by atoms with Gasteiger partial charge in [0.25, 0.3) is 5.91 Å². The summed E-state index contributed by atoms with van der Waals surface area (Å²) in [6.07, 6.45) is 5.74. The van der Waals surface area contributed by atoms with Crippen molar-refractivity contribution in [3.63, 3.8) is 0 Å². The van der Waals surface area contributed by atoms with Crippen LogP contribution in [0, 0.1) is 0 Å². The number of nitrogens with one attached hydrogen (secondary N) is 2. The smallest absolute Gasteiger partial charge is 0.251 e. The van der Waals surface area contributed by atoms with Crippen LogP contribution < -0.4 is 10.6 Å². The molecule has 2 aromatic heterocycles. The van der Waals surface area contributed by atoms with Crippen LogP contribution in [0.15, 0.2) is 54.6 Å². The Morgan fingerprint density at radius 1 is 1.03 bits per heavy atom. The molecule has 0 aliphatic carbocycles.